The van der Waals surface area contributed by atoms with Gasteiger partial charge in [-0.1, -0.05) is 12.1 Å². The summed E-state index contributed by atoms with van der Waals surface area (Å²) in [6.07, 6.45) is 0. The first kappa shape index (κ1) is 19.8. The molecular formula is C20H23F2N3OS. The highest BCUT2D eigenvalue weighted by atomic mass is 32.2. The summed E-state index contributed by atoms with van der Waals surface area (Å²) in [4.78, 5) is 17.2. The minimum absolute atomic E-state index is 0.0924. The SMILES string of the molecule is O=C(CN1CCN(CCSc2ccccc2F)CC1)Nc1ccc(F)cc1. The minimum atomic E-state index is -0.322. The van der Waals surface area contributed by atoms with Crippen molar-refractivity contribution < 1.29 is 13.6 Å². The van der Waals surface area contributed by atoms with Gasteiger partial charge in [0.05, 0.1) is 6.54 Å². The lowest BCUT2D eigenvalue weighted by atomic mass is 10.3. The first-order valence-electron chi connectivity index (χ1n) is 8.97. The molecule has 1 heterocycles. The third-order valence-electron chi connectivity index (χ3n) is 4.46. The summed E-state index contributed by atoms with van der Waals surface area (Å²) in [6.45, 7) is 4.65. The second-order valence-corrected chi connectivity index (χ2v) is 7.59. The van der Waals surface area contributed by atoms with E-state index in [-0.39, 0.29) is 17.5 Å². The van der Waals surface area contributed by atoms with Crippen LogP contribution in [-0.2, 0) is 4.79 Å². The Morgan fingerprint density at radius 3 is 2.33 bits per heavy atom. The molecule has 2 aromatic carbocycles. The zero-order valence-electron chi connectivity index (χ0n) is 15.0. The van der Waals surface area contributed by atoms with Gasteiger partial charge in [0.15, 0.2) is 0 Å². The van der Waals surface area contributed by atoms with Crippen molar-refractivity contribution in [2.45, 2.75) is 4.90 Å². The van der Waals surface area contributed by atoms with E-state index >= 15 is 0 Å². The number of nitrogens with zero attached hydrogens (tertiary/aromatic N) is 2. The second-order valence-electron chi connectivity index (χ2n) is 6.45. The zero-order chi connectivity index (χ0) is 19.1. The van der Waals surface area contributed by atoms with E-state index in [4.69, 9.17) is 0 Å². The molecule has 0 aromatic heterocycles. The van der Waals surface area contributed by atoms with Crippen molar-refractivity contribution in [3.05, 3.63) is 60.2 Å². The Hall–Kier alpha value is -1.96. The highest BCUT2D eigenvalue weighted by Crippen LogP contribution is 2.21. The molecule has 1 fully saturated rings. The summed E-state index contributed by atoms with van der Waals surface area (Å²) in [5.74, 6) is 0.258. The summed E-state index contributed by atoms with van der Waals surface area (Å²) in [5, 5.41) is 2.79. The van der Waals surface area contributed by atoms with Gasteiger partial charge < -0.3 is 5.32 Å². The number of anilines is 1. The molecule has 0 bridgehead atoms. The fourth-order valence-electron chi connectivity index (χ4n) is 2.95. The molecule has 0 radical (unpaired) electrons. The lowest BCUT2D eigenvalue weighted by molar-refractivity contribution is -0.117. The third kappa shape index (κ3) is 6.30. The van der Waals surface area contributed by atoms with Crippen molar-refractivity contribution in [2.24, 2.45) is 0 Å². The predicted octanol–water partition coefficient (Wildman–Crippen LogP) is 3.31. The summed E-state index contributed by atoms with van der Waals surface area (Å²) >= 11 is 1.53. The molecule has 2 aromatic rings. The molecule has 1 aliphatic rings. The Labute approximate surface area is 162 Å². The first-order valence-corrected chi connectivity index (χ1v) is 9.96. The molecule has 0 spiro atoms. The number of benzene rings is 2. The van der Waals surface area contributed by atoms with Crippen LogP contribution in [-0.4, -0.2) is 60.7 Å². The van der Waals surface area contributed by atoms with E-state index in [1.807, 2.05) is 6.07 Å². The van der Waals surface area contributed by atoms with Crippen LogP contribution in [0, 0.1) is 11.6 Å². The lowest BCUT2D eigenvalue weighted by Crippen LogP contribution is -2.49. The number of hydrogen-bond donors (Lipinski definition) is 1. The van der Waals surface area contributed by atoms with Gasteiger partial charge in [0.1, 0.15) is 11.6 Å². The molecule has 3 rings (SSSR count). The molecule has 27 heavy (non-hydrogen) atoms. The number of carbonyl (C=O) groups excluding carboxylic acids is 1. The van der Waals surface area contributed by atoms with Crippen LogP contribution in [0.15, 0.2) is 53.4 Å². The molecule has 4 nitrogen and oxygen atoms in total. The van der Waals surface area contributed by atoms with Crippen molar-refractivity contribution in [2.75, 3.05) is 50.3 Å². The quantitative estimate of drug-likeness (QED) is 0.735. The largest absolute Gasteiger partial charge is 0.325 e. The minimum Gasteiger partial charge on any atom is -0.325 e. The van der Waals surface area contributed by atoms with E-state index in [0.717, 1.165) is 38.5 Å². The van der Waals surface area contributed by atoms with E-state index < -0.39 is 0 Å². The van der Waals surface area contributed by atoms with Gasteiger partial charge in [0.25, 0.3) is 0 Å². The molecule has 0 atom stereocenters. The van der Waals surface area contributed by atoms with E-state index in [0.29, 0.717) is 17.1 Å². The zero-order valence-corrected chi connectivity index (χ0v) is 15.9. The number of halogens is 2. The van der Waals surface area contributed by atoms with Crippen LogP contribution in [0.25, 0.3) is 0 Å². The second kappa shape index (κ2) is 9.82. The molecule has 1 aliphatic heterocycles. The summed E-state index contributed by atoms with van der Waals surface area (Å²) in [5.41, 5.74) is 0.602. The molecule has 1 saturated heterocycles. The molecule has 1 N–H and O–H groups in total. The number of amides is 1. The number of nitrogens with one attached hydrogen (secondary N) is 1. The van der Waals surface area contributed by atoms with Crippen molar-refractivity contribution in [3.8, 4) is 0 Å². The Bertz CT molecular complexity index is 749. The average molecular weight is 391 g/mol. The Kier molecular flexibility index (Phi) is 7.20. The van der Waals surface area contributed by atoms with Gasteiger partial charge in [-0.15, -0.1) is 11.8 Å². The van der Waals surface area contributed by atoms with E-state index in [2.05, 4.69) is 15.1 Å². The van der Waals surface area contributed by atoms with Gasteiger partial charge in [-0.3, -0.25) is 14.6 Å². The molecule has 7 heteroatoms. The first-order chi connectivity index (χ1) is 13.1. The molecular weight excluding hydrogens is 368 g/mol. The smallest absolute Gasteiger partial charge is 0.238 e. The van der Waals surface area contributed by atoms with Crippen LogP contribution in [0.1, 0.15) is 0 Å². The Balaban J connectivity index is 1.34. The fourth-order valence-corrected chi connectivity index (χ4v) is 3.90. The van der Waals surface area contributed by atoms with Crippen molar-refractivity contribution in [1.82, 2.24) is 9.80 Å². The van der Waals surface area contributed by atoms with Crippen LogP contribution in [0.2, 0.25) is 0 Å². The molecule has 1 amide bonds. The van der Waals surface area contributed by atoms with Gasteiger partial charge in [-0.05, 0) is 36.4 Å². The summed E-state index contributed by atoms with van der Waals surface area (Å²) in [6, 6.07) is 12.6. The van der Waals surface area contributed by atoms with Gasteiger partial charge in [0, 0.05) is 49.1 Å². The predicted molar refractivity (Wildman–Crippen MR) is 105 cm³/mol. The Morgan fingerprint density at radius 1 is 0.963 bits per heavy atom. The van der Waals surface area contributed by atoms with Gasteiger partial charge in [0.2, 0.25) is 5.91 Å². The number of piperazine rings is 1. The highest BCUT2D eigenvalue weighted by molar-refractivity contribution is 7.99. The third-order valence-corrected chi connectivity index (χ3v) is 5.49. The fraction of sp³-hybridized carbons (Fsp3) is 0.350. The average Bonchev–Trinajstić information content (AvgIpc) is 2.66. The van der Waals surface area contributed by atoms with E-state index in [9.17, 15) is 13.6 Å². The molecule has 0 unspecified atom stereocenters. The molecule has 144 valence electrons. The van der Waals surface area contributed by atoms with Crippen LogP contribution in [0.5, 0.6) is 0 Å². The van der Waals surface area contributed by atoms with Gasteiger partial charge in [-0.25, -0.2) is 8.78 Å². The normalized spacial score (nSPS) is 15.6. The topological polar surface area (TPSA) is 35.6 Å². The number of thioether (sulfide) groups is 1. The monoisotopic (exact) mass is 391 g/mol. The number of carbonyl (C=O) groups is 1. The number of rotatable bonds is 7. The van der Waals surface area contributed by atoms with Crippen LogP contribution < -0.4 is 5.32 Å². The van der Waals surface area contributed by atoms with Gasteiger partial charge >= 0.3 is 0 Å². The van der Waals surface area contributed by atoms with Gasteiger partial charge in [-0.2, -0.15) is 0 Å². The Morgan fingerprint density at radius 2 is 1.63 bits per heavy atom. The van der Waals surface area contributed by atoms with Crippen molar-refractivity contribution in [3.63, 3.8) is 0 Å². The van der Waals surface area contributed by atoms with Crippen LogP contribution >= 0.6 is 11.8 Å². The van der Waals surface area contributed by atoms with Crippen molar-refractivity contribution in [1.29, 1.82) is 0 Å². The molecule has 0 saturated carbocycles. The van der Waals surface area contributed by atoms with E-state index in [1.54, 1.807) is 24.3 Å². The van der Waals surface area contributed by atoms with E-state index in [1.165, 1.54) is 30.0 Å². The standard InChI is InChI=1S/C20H23F2N3OS/c21-16-5-7-17(8-6-16)23-20(26)15-25-11-9-24(10-12-25)13-14-27-19-4-2-1-3-18(19)22/h1-8H,9-15H2,(H,23,26). The number of hydrogen-bond acceptors (Lipinski definition) is 4. The lowest BCUT2D eigenvalue weighted by Gasteiger charge is -2.34. The van der Waals surface area contributed by atoms with Crippen molar-refractivity contribution >= 4 is 23.4 Å². The maximum Gasteiger partial charge on any atom is 0.238 e. The van der Waals surface area contributed by atoms with Crippen LogP contribution in [0.4, 0.5) is 14.5 Å². The summed E-state index contributed by atoms with van der Waals surface area (Å²) < 4.78 is 26.5. The maximum atomic E-state index is 13.6. The van der Waals surface area contributed by atoms with Crippen LogP contribution in [0.3, 0.4) is 0 Å². The summed E-state index contributed by atoms with van der Waals surface area (Å²) in [7, 11) is 0. The highest BCUT2D eigenvalue weighted by Gasteiger charge is 2.19. The maximum absolute atomic E-state index is 13.6. The molecule has 0 aliphatic carbocycles.